The second kappa shape index (κ2) is 8.95. The normalized spacial score (nSPS) is 17.4. The van der Waals surface area contributed by atoms with Crippen LogP contribution < -0.4 is 0 Å². The number of Topliss-reactive ketones (excluding diaryl/α,β-unsaturated/α-hetero) is 1. The lowest BCUT2D eigenvalue weighted by atomic mass is 10.1. The number of carbonyl (C=O) groups excluding carboxylic acids is 2. The third-order valence-electron chi connectivity index (χ3n) is 5.48. The molecule has 1 aliphatic heterocycles. The van der Waals surface area contributed by atoms with Crippen molar-refractivity contribution in [3.63, 3.8) is 0 Å². The van der Waals surface area contributed by atoms with E-state index in [1.54, 1.807) is 24.6 Å². The molecule has 32 heavy (non-hydrogen) atoms. The van der Waals surface area contributed by atoms with Gasteiger partial charge in [-0.3, -0.25) is 14.6 Å². The van der Waals surface area contributed by atoms with Gasteiger partial charge in [-0.2, -0.15) is 0 Å². The molecule has 168 valence electrons. The van der Waals surface area contributed by atoms with Crippen LogP contribution in [-0.4, -0.2) is 52.8 Å². The average Bonchev–Trinajstić information content (AvgIpc) is 3.44. The molecule has 0 amide bonds. The smallest absolute Gasteiger partial charge is 0.312 e. The van der Waals surface area contributed by atoms with E-state index in [-0.39, 0.29) is 36.4 Å². The first-order valence-electron chi connectivity index (χ1n) is 10.2. The minimum absolute atomic E-state index is 0.0322. The van der Waals surface area contributed by atoms with Gasteiger partial charge in [0.15, 0.2) is 16.4 Å². The first kappa shape index (κ1) is 22.3. The molecule has 1 saturated heterocycles. The highest BCUT2D eigenvalue weighted by molar-refractivity contribution is 7.91. The first-order chi connectivity index (χ1) is 15.2. The fraction of sp³-hybridized carbons (Fsp3) is 0.364. The molecule has 1 atom stereocenters. The van der Waals surface area contributed by atoms with Crippen molar-refractivity contribution in [1.29, 1.82) is 0 Å². The summed E-state index contributed by atoms with van der Waals surface area (Å²) >= 11 is 1.39. The number of aryl methyl sites for hydroxylation is 1. The molecule has 1 aliphatic rings. The topological polar surface area (TPSA) is 108 Å². The summed E-state index contributed by atoms with van der Waals surface area (Å²) in [4.78, 5) is 33.6. The summed E-state index contributed by atoms with van der Waals surface area (Å²) in [5, 5.41) is 2.49. The molecule has 0 aromatic carbocycles. The highest BCUT2D eigenvalue weighted by Gasteiger charge is 2.31. The summed E-state index contributed by atoms with van der Waals surface area (Å²) in [7, 11) is -3.04. The van der Waals surface area contributed by atoms with E-state index >= 15 is 0 Å². The van der Waals surface area contributed by atoms with Crippen LogP contribution in [0.25, 0.3) is 10.7 Å². The van der Waals surface area contributed by atoms with Gasteiger partial charge in [0.25, 0.3) is 0 Å². The van der Waals surface area contributed by atoms with Crippen LogP contribution in [0.5, 0.6) is 0 Å². The maximum absolute atomic E-state index is 12.7. The Balaban J connectivity index is 1.36. The number of aromatic nitrogens is 3. The lowest BCUT2D eigenvalue weighted by molar-refractivity contribution is -0.141. The third-order valence-corrected chi connectivity index (χ3v) is 8.15. The van der Waals surface area contributed by atoms with Gasteiger partial charge in [-0.25, -0.2) is 13.4 Å². The van der Waals surface area contributed by atoms with Crippen LogP contribution in [0.4, 0.5) is 0 Å². The van der Waals surface area contributed by atoms with Crippen molar-refractivity contribution in [3.8, 4) is 10.7 Å². The van der Waals surface area contributed by atoms with Crippen LogP contribution in [0.15, 0.2) is 35.8 Å². The van der Waals surface area contributed by atoms with Gasteiger partial charge in [-0.1, -0.05) is 6.07 Å². The number of sulfone groups is 1. The average molecular weight is 474 g/mol. The molecule has 1 unspecified atom stereocenters. The number of rotatable bonds is 7. The van der Waals surface area contributed by atoms with Crippen molar-refractivity contribution >= 4 is 32.9 Å². The molecule has 4 rings (SSSR count). The van der Waals surface area contributed by atoms with E-state index in [2.05, 4.69) is 9.97 Å². The Morgan fingerprint density at radius 2 is 2.09 bits per heavy atom. The number of ether oxygens (including phenoxy) is 1. The number of ketones is 1. The van der Waals surface area contributed by atoms with E-state index in [4.69, 9.17) is 4.74 Å². The predicted octanol–water partition coefficient (Wildman–Crippen LogP) is 2.95. The van der Waals surface area contributed by atoms with Gasteiger partial charge in [0.05, 0.1) is 29.3 Å². The maximum Gasteiger partial charge on any atom is 0.312 e. The quantitative estimate of drug-likeness (QED) is 0.383. The van der Waals surface area contributed by atoms with Crippen molar-refractivity contribution in [2.45, 2.75) is 32.7 Å². The summed E-state index contributed by atoms with van der Waals surface area (Å²) < 4.78 is 30.8. The van der Waals surface area contributed by atoms with E-state index in [1.807, 2.05) is 29.7 Å². The minimum Gasteiger partial charge on any atom is -0.457 e. The Labute approximate surface area is 190 Å². The number of thiazole rings is 1. The molecule has 3 aromatic rings. The van der Waals surface area contributed by atoms with Crippen LogP contribution in [0.1, 0.15) is 39.9 Å². The van der Waals surface area contributed by atoms with Gasteiger partial charge < -0.3 is 9.30 Å². The van der Waals surface area contributed by atoms with Crippen LogP contribution in [0.2, 0.25) is 0 Å². The minimum atomic E-state index is -3.04. The molecule has 0 bridgehead atoms. The number of esters is 1. The monoisotopic (exact) mass is 473 g/mol. The maximum atomic E-state index is 12.7. The largest absolute Gasteiger partial charge is 0.457 e. The van der Waals surface area contributed by atoms with Crippen molar-refractivity contribution in [2.75, 3.05) is 18.1 Å². The van der Waals surface area contributed by atoms with E-state index in [0.29, 0.717) is 28.4 Å². The van der Waals surface area contributed by atoms with E-state index in [0.717, 1.165) is 11.4 Å². The molecule has 0 radical (unpaired) electrons. The standard InChI is InChI=1S/C22H23N3O5S2/c1-14-9-18(15(2)25(14)17-6-8-32(28,29)13-17)20(26)11-30-21(27)10-16-12-31-22(24-16)19-5-3-4-7-23-19/h3-5,7,9,12,17H,6,8,10-11,13H2,1-2H3. The number of pyridine rings is 1. The first-order valence-corrected chi connectivity index (χ1v) is 12.9. The number of hydrogen-bond donors (Lipinski definition) is 0. The lowest BCUT2D eigenvalue weighted by Gasteiger charge is -2.16. The molecular formula is C22H23N3O5S2. The van der Waals surface area contributed by atoms with Gasteiger partial charge in [0.1, 0.15) is 5.01 Å². The molecule has 3 aromatic heterocycles. The molecule has 0 spiro atoms. The van der Waals surface area contributed by atoms with Gasteiger partial charge in [0, 0.05) is 34.6 Å². The van der Waals surface area contributed by atoms with Crippen LogP contribution in [-0.2, 0) is 25.8 Å². The summed E-state index contributed by atoms with van der Waals surface area (Å²) in [6, 6.07) is 7.10. The van der Waals surface area contributed by atoms with Gasteiger partial charge >= 0.3 is 5.97 Å². The Kier molecular flexibility index (Phi) is 6.25. The zero-order valence-electron chi connectivity index (χ0n) is 17.8. The zero-order valence-corrected chi connectivity index (χ0v) is 19.4. The fourth-order valence-electron chi connectivity index (χ4n) is 4.02. The third kappa shape index (κ3) is 4.81. The molecule has 0 saturated carbocycles. The van der Waals surface area contributed by atoms with Crippen LogP contribution >= 0.6 is 11.3 Å². The molecule has 0 N–H and O–H groups in total. The zero-order chi connectivity index (χ0) is 22.9. The highest BCUT2D eigenvalue weighted by atomic mass is 32.2. The second-order valence-corrected chi connectivity index (χ2v) is 10.9. The molecule has 10 heteroatoms. The fourth-order valence-corrected chi connectivity index (χ4v) is 6.51. The Bertz CT molecular complexity index is 1260. The molecule has 0 aliphatic carbocycles. The lowest BCUT2D eigenvalue weighted by Crippen LogP contribution is -2.17. The van der Waals surface area contributed by atoms with Gasteiger partial charge in [-0.15, -0.1) is 11.3 Å². The molecular weight excluding hydrogens is 450 g/mol. The van der Waals surface area contributed by atoms with Gasteiger partial charge in [0.2, 0.25) is 5.78 Å². The summed E-state index contributed by atoms with van der Waals surface area (Å²) in [6.07, 6.45) is 2.18. The summed E-state index contributed by atoms with van der Waals surface area (Å²) in [6.45, 7) is 3.27. The van der Waals surface area contributed by atoms with Crippen LogP contribution in [0.3, 0.4) is 0 Å². The number of hydrogen-bond acceptors (Lipinski definition) is 8. The molecule has 8 nitrogen and oxygen atoms in total. The highest BCUT2D eigenvalue weighted by Crippen LogP contribution is 2.29. The Hall–Kier alpha value is -2.85. The Morgan fingerprint density at radius 1 is 1.28 bits per heavy atom. The number of nitrogens with zero attached hydrogens (tertiary/aromatic N) is 3. The summed E-state index contributed by atoms with van der Waals surface area (Å²) in [5.41, 5.74) is 3.27. The number of carbonyl (C=O) groups is 2. The Morgan fingerprint density at radius 3 is 2.78 bits per heavy atom. The van der Waals surface area contributed by atoms with Gasteiger partial charge in [-0.05, 0) is 38.5 Å². The molecule has 4 heterocycles. The van der Waals surface area contributed by atoms with Crippen molar-refractivity contribution in [1.82, 2.24) is 14.5 Å². The van der Waals surface area contributed by atoms with Crippen molar-refractivity contribution < 1.29 is 22.7 Å². The predicted molar refractivity (Wildman–Crippen MR) is 121 cm³/mol. The van der Waals surface area contributed by atoms with Crippen molar-refractivity contribution in [3.05, 3.63) is 58.5 Å². The van der Waals surface area contributed by atoms with E-state index < -0.39 is 15.8 Å². The molecule has 1 fully saturated rings. The second-order valence-electron chi connectivity index (χ2n) is 7.83. The van der Waals surface area contributed by atoms with Crippen molar-refractivity contribution in [2.24, 2.45) is 0 Å². The van der Waals surface area contributed by atoms with E-state index in [1.165, 1.54) is 11.3 Å². The summed E-state index contributed by atoms with van der Waals surface area (Å²) in [5.74, 6) is -0.605. The van der Waals surface area contributed by atoms with Crippen LogP contribution in [0, 0.1) is 13.8 Å². The van der Waals surface area contributed by atoms with E-state index in [9.17, 15) is 18.0 Å². The SMILES string of the molecule is Cc1cc(C(=O)COC(=O)Cc2csc(-c3ccccn3)n2)c(C)n1C1CCS(=O)(=O)C1.